The van der Waals surface area contributed by atoms with E-state index in [9.17, 15) is 33.9 Å². The summed E-state index contributed by atoms with van der Waals surface area (Å²) in [5.74, 6) is -0.260. The summed E-state index contributed by atoms with van der Waals surface area (Å²) in [6.07, 6.45) is -5.09. The lowest BCUT2D eigenvalue weighted by Crippen LogP contribution is -2.34. The van der Waals surface area contributed by atoms with Gasteiger partial charge < -0.3 is 40.3 Å². The molecule has 0 aliphatic carbocycles. The number of aromatic nitrogens is 4. The van der Waals surface area contributed by atoms with Gasteiger partial charge >= 0.3 is 23.2 Å². The molecule has 0 spiro atoms. The van der Waals surface area contributed by atoms with Crippen molar-refractivity contribution in [3.8, 4) is 0 Å². The number of H-pyrrole nitrogens is 1. The summed E-state index contributed by atoms with van der Waals surface area (Å²) in [5, 5.41) is 20.5. The van der Waals surface area contributed by atoms with Crippen LogP contribution < -0.4 is 16.2 Å². The summed E-state index contributed by atoms with van der Waals surface area (Å²) in [6.45, 7) is -0.888. The van der Waals surface area contributed by atoms with Gasteiger partial charge in [-0.1, -0.05) is 0 Å². The molecule has 3 heterocycles. The van der Waals surface area contributed by atoms with Crippen molar-refractivity contribution in [3.63, 3.8) is 0 Å². The van der Waals surface area contributed by atoms with Gasteiger partial charge in [0.2, 0.25) is 5.95 Å². The van der Waals surface area contributed by atoms with Crippen LogP contribution in [0.2, 0.25) is 0 Å². The Bertz CT molecular complexity index is 1150. The standard InChI is InChI=1S/C10H15BN5O13P3/c11-30(20,28-32(24,25)29-31(21,22)23)26-1-3-5(17)6(18)9(27-3)16-2-13-4-7(16)14-10(12)15-8(4)19/h2-3,5-6,9,17-18H,1H2,(H,24,25)(H2,21,22,23)(H3,12,14,15,19)/t3-,5-,6-,9-,30?/m1/s1. The van der Waals surface area contributed by atoms with Crippen LogP contribution in [0.1, 0.15) is 6.23 Å². The Morgan fingerprint density at radius 2 is 2.00 bits per heavy atom. The average molecular weight is 517 g/mol. The minimum Gasteiger partial charge on any atom is -0.646 e. The number of aliphatic hydroxyl groups excluding tert-OH is 2. The van der Waals surface area contributed by atoms with Gasteiger partial charge in [-0.05, 0) is 0 Å². The van der Waals surface area contributed by atoms with Crippen molar-refractivity contribution in [3.05, 3.63) is 16.7 Å². The molecular formula is C10H15BN5O13P3. The summed E-state index contributed by atoms with van der Waals surface area (Å²) >= 11 is 0. The third kappa shape index (κ3) is 5.79. The lowest BCUT2D eigenvalue weighted by Gasteiger charge is -2.26. The third-order valence-corrected chi connectivity index (χ3v) is 7.83. The molecule has 2 radical (unpaired) electrons. The number of phosphoric acid groups is 2. The van der Waals surface area contributed by atoms with E-state index in [0.29, 0.717) is 0 Å². The van der Waals surface area contributed by atoms with Crippen LogP contribution in [-0.2, 0) is 27.0 Å². The number of anilines is 1. The highest BCUT2D eigenvalue weighted by molar-refractivity contribution is 7.88. The van der Waals surface area contributed by atoms with Gasteiger partial charge in [-0.15, -0.1) is 4.31 Å². The molecular weight excluding hydrogens is 502 g/mol. The Kier molecular flexibility index (Phi) is 6.97. The topological polar surface area (TPSA) is 285 Å². The normalized spacial score (nSPS) is 27.9. The van der Waals surface area contributed by atoms with Crippen LogP contribution in [0.5, 0.6) is 0 Å². The molecule has 3 rings (SSSR count). The van der Waals surface area contributed by atoms with Crippen molar-refractivity contribution in [1.29, 1.82) is 0 Å². The molecule has 18 nitrogen and oxygen atoms in total. The molecule has 2 unspecified atom stereocenters. The van der Waals surface area contributed by atoms with Crippen molar-refractivity contribution < 1.29 is 56.8 Å². The van der Waals surface area contributed by atoms with Crippen molar-refractivity contribution in [2.24, 2.45) is 0 Å². The Morgan fingerprint density at radius 1 is 1.34 bits per heavy atom. The van der Waals surface area contributed by atoms with E-state index in [4.69, 9.17) is 27.8 Å². The molecule has 6 atom stereocenters. The van der Waals surface area contributed by atoms with Crippen molar-refractivity contribution in [2.75, 3.05) is 12.3 Å². The average Bonchev–Trinajstić information content (AvgIpc) is 3.12. The molecule has 0 aromatic carbocycles. The lowest BCUT2D eigenvalue weighted by atomic mass is 10.1. The van der Waals surface area contributed by atoms with Gasteiger partial charge in [0.05, 0.1) is 6.33 Å². The fourth-order valence-electron chi connectivity index (χ4n) is 2.72. The van der Waals surface area contributed by atoms with Crippen LogP contribution in [-0.4, -0.2) is 76.9 Å². The van der Waals surface area contributed by atoms with Gasteiger partial charge in [-0.3, -0.25) is 14.3 Å². The lowest BCUT2D eigenvalue weighted by molar-refractivity contribution is -0.206. The second-order valence-electron chi connectivity index (χ2n) is 6.28. The second kappa shape index (κ2) is 8.81. The minimum atomic E-state index is -5.61. The van der Waals surface area contributed by atoms with Crippen molar-refractivity contribution in [2.45, 2.75) is 24.5 Å². The van der Waals surface area contributed by atoms with Gasteiger partial charge in [-0.25, -0.2) is 18.6 Å². The monoisotopic (exact) mass is 517 g/mol. The number of fused-ring (bicyclic) bond motifs is 1. The highest BCUT2D eigenvalue weighted by Crippen LogP contribution is 2.67. The predicted molar refractivity (Wildman–Crippen MR) is 101 cm³/mol. The van der Waals surface area contributed by atoms with Crippen molar-refractivity contribution in [1.82, 2.24) is 19.5 Å². The third-order valence-electron chi connectivity index (χ3n) is 3.91. The zero-order valence-corrected chi connectivity index (χ0v) is 18.1. The molecule has 0 saturated carbocycles. The first-order chi connectivity index (χ1) is 14.6. The van der Waals surface area contributed by atoms with Gasteiger partial charge in [0, 0.05) is 0 Å². The molecule has 2 aromatic rings. The van der Waals surface area contributed by atoms with Gasteiger partial charge in [-0.2, -0.15) is 9.29 Å². The highest BCUT2D eigenvalue weighted by Gasteiger charge is 2.47. The predicted octanol–water partition coefficient (Wildman–Crippen LogP) is -3.23. The van der Waals surface area contributed by atoms with E-state index in [1.54, 1.807) is 0 Å². The van der Waals surface area contributed by atoms with E-state index < -0.39 is 60.2 Å². The van der Waals surface area contributed by atoms with Gasteiger partial charge in [0.15, 0.2) is 25.2 Å². The maximum absolute atomic E-state index is 12.0. The van der Waals surface area contributed by atoms with E-state index >= 15 is 0 Å². The molecule has 8 N–H and O–H groups in total. The molecule has 1 aliphatic heterocycles. The van der Waals surface area contributed by atoms with E-state index in [0.717, 1.165) is 10.9 Å². The second-order valence-corrected chi connectivity index (χ2v) is 10.8. The number of hydrogen-bond acceptors (Lipinski definition) is 13. The van der Waals surface area contributed by atoms with Crippen molar-refractivity contribution >= 4 is 48.1 Å². The number of aromatic amines is 1. The molecule has 1 saturated heterocycles. The fraction of sp³-hybridized carbons (Fsp3) is 0.500. The molecule has 176 valence electrons. The van der Waals surface area contributed by atoms with Gasteiger partial charge in [0.1, 0.15) is 24.9 Å². The van der Waals surface area contributed by atoms with Crippen LogP contribution in [0.3, 0.4) is 0 Å². The SMILES string of the molecule is [B][P+]([O-])(OC[C@H]1O[C@@H](n2cnc3c(=O)[nH]c(N)nc32)[C@H](O)[C@@H]1O)OP(=O)(O)OP(=O)(O)O. The van der Waals surface area contributed by atoms with Crippen LogP contribution in [0.25, 0.3) is 11.2 Å². The van der Waals surface area contributed by atoms with Gasteiger partial charge in [0.25, 0.3) is 5.56 Å². The fourth-order valence-corrected chi connectivity index (χ4v) is 5.88. The Balaban J connectivity index is 1.72. The van der Waals surface area contributed by atoms with Crippen LogP contribution in [0.15, 0.2) is 11.1 Å². The van der Waals surface area contributed by atoms with Crippen LogP contribution in [0.4, 0.5) is 5.95 Å². The number of nitrogen functional groups attached to an aromatic ring is 1. The Hall–Kier alpha value is -1.30. The zero-order valence-electron chi connectivity index (χ0n) is 15.4. The number of ether oxygens (including phenoxy) is 1. The Morgan fingerprint density at radius 3 is 2.62 bits per heavy atom. The Labute approximate surface area is 178 Å². The summed E-state index contributed by atoms with van der Waals surface area (Å²) in [4.78, 5) is 60.0. The maximum atomic E-state index is 12.0. The first kappa shape index (κ1) is 25.3. The highest BCUT2D eigenvalue weighted by atomic mass is 31.3. The van der Waals surface area contributed by atoms with E-state index in [1.807, 2.05) is 0 Å². The number of aliphatic hydroxyl groups is 2. The first-order valence-corrected chi connectivity index (χ1v) is 12.8. The van der Waals surface area contributed by atoms with E-state index in [2.05, 4.69) is 28.1 Å². The molecule has 1 aliphatic rings. The number of nitrogens with two attached hydrogens (primary N) is 1. The minimum absolute atomic E-state index is 0.0901. The summed E-state index contributed by atoms with van der Waals surface area (Å²) in [6, 6.07) is 0. The molecule has 2 aromatic heterocycles. The molecule has 22 heteroatoms. The van der Waals surface area contributed by atoms with Crippen LogP contribution in [0, 0.1) is 0 Å². The summed E-state index contributed by atoms with van der Waals surface area (Å²) in [7, 11) is -11.0. The van der Waals surface area contributed by atoms with Crippen LogP contribution >= 0.6 is 23.5 Å². The summed E-state index contributed by atoms with van der Waals surface area (Å²) < 4.78 is 40.6. The zero-order chi connectivity index (χ0) is 24.1. The first-order valence-electron chi connectivity index (χ1n) is 8.17. The molecule has 0 bridgehead atoms. The largest absolute Gasteiger partial charge is 0.646 e. The van der Waals surface area contributed by atoms with E-state index in [-0.39, 0.29) is 17.1 Å². The summed E-state index contributed by atoms with van der Waals surface area (Å²) in [5.41, 5.74) is 4.57. The molecule has 32 heavy (non-hydrogen) atoms. The van der Waals surface area contributed by atoms with E-state index in [1.165, 1.54) is 0 Å². The number of imidazole rings is 1. The molecule has 0 amide bonds. The maximum Gasteiger partial charge on any atom is 0.515 e. The number of nitrogens with one attached hydrogen (secondary N) is 1. The number of nitrogens with zero attached hydrogens (tertiary/aromatic N) is 3. The molecule has 1 fully saturated rings. The number of rotatable bonds is 8. The quantitative estimate of drug-likeness (QED) is 0.134. The number of hydrogen-bond donors (Lipinski definition) is 7. The smallest absolute Gasteiger partial charge is 0.515 e.